The number of amides is 1. The highest BCUT2D eigenvalue weighted by Crippen LogP contribution is 2.25. The molecule has 0 bridgehead atoms. The number of rotatable bonds is 7. The quantitative estimate of drug-likeness (QED) is 0.744. The highest BCUT2D eigenvalue weighted by atomic mass is 19.4. The van der Waals surface area contributed by atoms with E-state index >= 15 is 0 Å². The number of nitrogens with one attached hydrogen (secondary N) is 1. The van der Waals surface area contributed by atoms with E-state index < -0.39 is 24.1 Å². The molecule has 0 aliphatic heterocycles. The summed E-state index contributed by atoms with van der Waals surface area (Å²) in [6, 6.07) is 4.18. The van der Waals surface area contributed by atoms with Crippen LogP contribution >= 0.6 is 0 Å². The molecule has 3 N–H and O–H groups in total. The maximum atomic E-state index is 12.1. The SMILES string of the molecule is COCCNC(C(N)=O)c1cccc(OC(F)(F)F)c1. The third kappa shape index (κ3) is 5.45. The Kier molecular flexibility index (Phi) is 5.78. The van der Waals surface area contributed by atoms with E-state index in [1.54, 1.807) is 0 Å². The van der Waals surface area contributed by atoms with Crippen LogP contribution in [-0.2, 0) is 9.53 Å². The summed E-state index contributed by atoms with van der Waals surface area (Å²) in [5.41, 5.74) is 5.51. The van der Waals surface area contributed by atoms with E-state index in [4.69, 9.17) is 10.5 Å². The molecule has 1 aromatic carbocycles. The minimum absolute atomic E-state index is 0.287. The van der Waals surface area contributed by atoms with Crippen molar-refractivity contribution in [1.29, 1.82) is 0 Å². The van der Waals surface area contributed by atoms with Gasteiger partial charge < -0.3 is 15.2 Å². The van der Waals surface area contributed by atoms with E-state index in [0.717, 1.165) is 12.1 Å². The first-order valence-electron chi connectivity index (χ1n) is 5.71. The number of hydrogen-bond acceptors (Lipinski definition) is 4. The summed E-state index contributed by atoms with van der Waals surface area (Å²) >= 11 is 0. The second-order valence-corrected chi connectivity index (χ2v) is 3.90. The maximum Gasteiger partial charge on any atom is 0.573 e. The molecule has 0 heterocycles. The summed E-state index contributed by atoms with van der Waals surface area (Å²) in [5.74, 6) is -1.11. The van der Waals surface area contributed by atoms with Crippen LogP contribution in [0.25, 0.3) is 0 Å². The Morgan fingerprint density at radius 3 is 2.70 bits per heavy atom. The van der Waals surface area contributed by atoms with Crippen molar-refractivity contribution in [3.05, 3.63) is 29.8 Å². The van der Waals surface area contributed by atoms with Gasteiger partial charge in [0.15, 0.2) is 0 Å². The average molecular weight is 292 g/mol. The summed E-state index contributed by atoms with van der Waals surface area (Å²) in [5, 5.41) is 2.79. The van der Waals surface area contributed by atoms with Crippen LogP contribution in [0, 0.1) is 0 Å². The van der Waals surface area contributed by atoms with Gasteiger partial charge in [-0.1, -0.05) is 12.1 Å². The Bertz CT molecular complexity index is 452. The van der Waals surface area contributed by atoms with Crippen LogP contribution in [0.5, 0.6) is 5.75 Å². The molecule has 5 nitrogen and oxygen atoms in total. The van der Waals surface area contributed by atoms with Crippen LogP contribution in [0.1, 0.15) is 11.6 Å². The Morgan fingerprint density at radius 2 is 2.15 bits per heavy atom. The summed E-state index contributed by atoms with van der Waals surface area (Å²) < 4.78 is 45.0. The lowest BCUT2D eigenvalue weighted by Gasteiger charge is -2.17. The normalized spacial score (nSPS) is 13.0. The third-order valence-electron chi connectivity index (χ3n) is 2.36. The number of carbonyl (C=O) groups excluding carboxylic acids is 1. The zero-order chi connectivity index (χ0) is 15.2. The number of carbonyl (C=O) groups is 1. The van der Waals surface area contributed by atoms with Gasteiger partial charge in [0.1, 0.15) is 11.8 Å². The molecule has 1 unspecified atom stereocenters. The van der Waals surface area contributed by atoms with Gasteiger partial charge in [0.2, 0.25) is 5.91 Å². The summed E-state index contributed by atoms with van der Waals surface area (Å²) in [6.45, 7) is 0.664. The summed E-state index contributed by atoms with van der Waals surface area (Å²) in [7, 11) is 1.48. The van der Waals surface area contributed by atoms with E-state index in [1.807, 2.05) is 0 Å². The van der Waals surface area contributed by atoms with E-state index in [-0.39, 0.29) is 5.56 Å². The number of primary amides is 1. The molecule has 0 aromatic heterocycles. The first-order valence-corrected chi connectivity index (χ1v) is 5.71. The highest BCUT2D eigenvalue weighted by molar-refractivity contribution is 5.81. The largest absolute Gasteiger partial charge is 0.573 e. The molecule has 1 aromatic rings. The van der Waals surface area contributed by atoms with Gasteiger partial charge in [0, 0.05) is 13.7 Å². The highest BCUT2D eigenvalue weighted by Gasteiger charge is 2.31. The molecule has 1 rings (SSSR count). The van der Waals surface area contributed by atoms with Crippen LogP contribution in [0.15, 0.2) is 24.3 Å². The van der Waals surface area contributed by atoms with Gasteiger partial charge >= 0.3 is 6.36 Å². The fourth-order valence-electron chi connectivity index (χ4n) is 1.58. The lowest BCUT2D eigenvalue weighted by atomic mass is 10.1. The predicted octanol–water partition coefficient (Wildman–Crippen LogP) is 1.35. The number of benzene rings is 1. The monoisotopic (exact) mass is 292 g/mol. The Hall–Kier alpha value is -1.80. The van der Waals surface area contributed by atoms with Crippen molar-refractivity contribution in [3.63, 3.8) is 0 Å². The van der Waals surface area contributed by atoms with E-state index in [1.165, 1.54) is 19.2 Å². The summed E-state index contributed by atoms with van der Waals surface area (Å²) in [6.07, 6.45) is -4.79. The Balaban J connectivity index is 2.85. The molecule has 0 saturated carbocycles. The first kappa shape index (κ1) is 16.3. The van der Waals surface area contributed by atoms with Crippen LogP contribution in [0.3, 0.4) is 0 Å². The molecule has 8 heteroatoms. The molecule has 1 amide bonds. The zero-order valence-corrected chi connectivity index (χ0v) is 10.7. The van der Waals surface area contributed by atoms with Crippen LogP contribution < -0.4 is 15.8 Å². The summed E-state index contributed by atoms with van der Waals surface area (Å²) in [4.78, 5) is 11.3. The van der Waals surface area contributed by atoms with Crippen LogP contribution in [0.4, 0.5) is 13.2 Å². The third-order valence-corrected chi connectivity index (χ3v) is 2.36. The van der Waals surface area contributed by atoms with Gasteiger partial charge in [-0.25, -0.2) is 0 Å². The predicted molar refractivity (Wildman–Crippen MR) is 64.9 cm³/mol. The number of halogens is 3. The molecule has 0 radical (unpaired) electrons. The fourth-order valence-corrected chi connectivity index (χ4v) is 1.58. The van der Waals surface area contributed by atoms with E-state index in [9.17, 15) is 18.0 Å². The molecule has 1 atom stereocenters. The van der Waals surface area contributed by atoms with Gasteiger partial charge in [-0.2, -0.15) is 0 Å². The molecule has 0 aliphatic carbocycles. The topological polar surface area (TPSA) is 73.6 Å². The van der Waals surface area contributed by atoms with E-state index in [0.29, 0.717) is 13.2 Å². The van der Waals surface area contributed by atoms with Crippen LogP contribution in [-0.4, -0.2) is 32.5 Å². The molecular weight excluding hydrogens is 277 g/mol. The van der Waals surface area contributed by atoms with Crippen molar-refractivity contribution >= 4 is 5.91 Å². The number of alkyl halides is 3. The standard InChI is InChI=1S/C12H15F3N2O3/c1-19-6-5-17-10(11(16)18)8-3-2-4-9(7-8)20-12(13,14)15/h2-4,7,10,17H,5-6H2,1H3,(H2,16,18). The second kappa shape index (κ2) is 7.11. The zero-order valence-electron chi connectivity index (χ0n) is 10.7. The van der Waals surface area contributed by atoms with Gasteiger partial charge in [-0.15, -0.1) is 13.2 Å². The van der Waals surface area contributed by atoms with Crippen molar-refractivity contribution in [3.8, 4) is 5.75 Å². The van der Waals surface area contributed by atoms with Crippen molar-refractivity contribution in [1.82, 2.24) is 5.32 Å². The molecule has 112 valence electrons. The van der Waals surface area contributed by atoms with Crippen molar-refractivity contribution in [2.75, 3.05) is 20.3 Å². The molecule has 0 aliphatic rings. The molecule has 0 spiro atoms. The van der Waals surface area contributed by atoms with E-state index in [2.05, 4.69) is 10.1 Å². The number of ether oxygens (including phenoxy) is 2. The van der Waals surface area contributed by atoms with Crippen molar-refractivity contribution in [2.45, 2.75) is 12.4 Å². The van der Waals surface area contributed by atoms with Gasteiger partial charge in [0.25, 0.3) is 0 Å². The first-order chi connectivity index (χ1) is 9.33. The average Bonchev–Trinajstić information content (AvgIpc) is 2.32. The number of methoxy groups -OCH3 is 1. The second-order valence-electron chi connectivity index (χ2n) is 3.90. The fraction of sp³-hybridized carbons (Fsp3) is 0.417. The van der Waals surface area contributed by atoms with Crippen LogP contribution in [0.2, 0.25) is 0 Å². The molecule has 0 saturated heterocycles. The Morgan fingerprint density at radius 1 is 1.45 bits per heavy atom. The molecule has 20 heavy (non-hydrogen) atoms. The smallest absolute Gasteiger partial charge is 0.406 e. The minimum Gasteiger partial charge on any atom is -0.406 e. The number of nitrogens with two attached hydrogens (primary N) is 1. The van der Waals surface area contributed by atoms with Crippen molar-refractivity contribution < 1.29 is 27.4 Å². The molecule has 0 fully saturated rings. The van der Waals surface area contributed by atoms with Crippen molar-refractivity contribution in [2.24, 2.45) is 5.73 Å². The van der Waals surface area contributed by atoms with Gasteiger partial charge in [0.05, 0.1) is 6.61 Å². The number of hydrogen-bond donors (Lipinski definition) is 2. The lowest BCUT2D eigenvalue weighted by molar-refractivity contribution is -0.274. The lowest BCUT2D eigenvalue weighted by Crippen LogP contribution is -2.35. The Labute approximate surface area is 113 Å². The van der Waals surface area contributed by atoms with Gasteiger partial charge in [-0.3, -0.25) is 10.1 Å². The maximum absolute atomic E-state index is 12.1. The minimum atomic E-state index is -4.79. The molecular formula is C12H15F3N2O3. The van der Waals surface area contributed by atoms with Gasteiger partial charge in [-0.05, 0) is 17.7 Å².